The lowest BCUT2D eigenvalue weighted by Gasteiger charge is -2.24. The van der Waals surface area contributed by atoms with Crippen LogP contribution in [0.3, 0.4) is 0 Å². The number of sulfonamides is 1. The standard InChI is InChI=1S/C26H25ClN2O4S/c27-22-5-4-8-24(16-22)34(31,32)28-13-14-33-25-12-9-19(15-21(25)18-28)17-29(26(30)20-10-11-20)23-6-2-1-3-7-23/h1-9,12,15-16,20H,10-11,13-14,17-18H2. The topological polar surface area (TPSA) is 66.9 Å². The molecule has 1 aliphatic carbocycles. The molecule has 1 fully saturated rings. The predicted octanol–water partition coefficient (Wildman–Crippen LogP) is 4.87. The van der Waals surface area contributed by atoms with Gasteiger partial charge in [-0.2, -0.15) is 4.31 Å². The van der Waals surface area contributed by atoms with Crippen molar-refractivity contribution in [3.8, 4) is 5.75 Å². The van der Waals surface area contributed by atoms with E-state index < -0.39 is 10.0 Å². The van der Waals surface area contributed by atoms with Gasteiger partial charge < -0.3 is 9.64 Å². The van der Waals surface area contributed by atoms with E-state index >= 15 is 0 Å². The van der Waals surface area contributed by atoms with Crippen LogP contribution in [0.15, 0.2) is 77.7 Å². The zero-order chi connectivity index (χ0) is 23.7. The van der Waals surface area contributed by atoms with Gasteiger partial charge in [0.25, 0.3) is 0 Å². The molecule has 34 heavy (non-hydrogen) atoms. The Balaban J connectivity index is 1.43. The highest BCUT2D eigenvalue weighted by Crippen LogP contribution is 2.34. The Morgan fingerprint density at radius 3 is 2.56 bits per heavy atom. The summed E-state index contributed by atoms with van der Waals surface area (Å²) in [5, 5.41) is 0.371. The number of rotatable bonds is 6. The zero-order valence-corrected chi connectivity index (χ0v) is 20.1. The lowest BCUT2D eigenvalue weighted by atomic mass is 10.1. The SMILES string of the molecule is O=C(C1CC1)N(Cc1ccc2c(c1)CN(S(=O)(=O)c1cccc(Cl)c1)CCO2)c1ccccc1. The van der Waals surface area contributed by atoms with Gasteiger partial charge in [0.1, 0.15) is 12.4 Å². The summed E-state index contributed by atoms with van der Waals surface area (Å²) >= 11 is 6.04. The van der Waals surface area contributed by atoms with E-state index in [-0.39, 0.29) is 36.4 Å². The fraction of sp³-hybridized carbons (Fsp3) is 0.269. The molecule has 0 unspecified atom stereocenters. The molecule has 0 bridgehead atoms. The Morgan fingerprint density at radius 1 is 1.03 bits per heavy atom. The molecule has 0 aromatic heterocycles. The van der Waals surface area contributed by atoms with Gasteiger partial charge in [0.15, 0.2) is 0 Å². The number of hydrogen-bond donors (Lipinski definition) is 0. The number of amides is 1. The second-order valence-electron chi connectivity index (χ2n) is 8.62. The summed E-state index contributed by atoms with van der Waals surface area (Å²) in [4.78, 5) is 15.0. The van der Waals surface area contributed by atoms with E-state index in [2.05, 4.69) is 0 Å². The van der Waals surface area contributed by atoms with E-state index in [1.165, 1.54) is 10.4 Å². The van der Waals surface area contributed by atoms with Crippen molar-refractivity contribution in [1.82, 2.24) is 4.31 Å². The number of halogens is 1. The Labute approximate surface area is 204 Å². The molecule has 176 valence electrons. The highest BCUT2D eigenvalue weighted by atomic mass is 35.5. The lowest BCUT2D eigenvalue weighted by molar-refractivity contribution is -0.119. The third kappa shape index (κ3) is 4.82. The van der Waals surface area contributed by atoms with E-state index in [4.69, 9.17) is 16.3 Å². The Bertz CT molecular complexity index is 1310. The first-order valence-corrected chi connectivity index (χ1v) is 13.1. The maximum atomic E-state index is 13.3. The number of carbonyl (C=O) groups excluding carboxylic acids is 1. The molecule has 0 N–H and O–H groups in total. The van der Waals surface area contributed by atoms with Crippen molar-refractivity contribution in [3.05, 3.63) is 88.9 Å². The largest absolute Gasteiger partial charge is 0.492 e. The summed E-state index contributed by atoms with van der Waals surface area (Å²) in [6, 6.07) is 21.7. The van der Waals surface area contributed by atoms with Crippen molar-refractivity contribution >= 4 is 33.2 Å². The first-order valence-electron chi connectivity index (χ1n) is 11.3. The summed E-state index contributed by atoms with van der Waals surface area (Å²) in [5.74, 6) is 0.873. The lowest BCUT2D eigenvalue weighted by Crippen LogP contribution is -2.32. The van der Waals surface area contributed by atoms with Crippen LogP contribution in [0.4, 0.5) is 5.69 Å². The first kappa shape index (κ1) is 22.9. The summed E-state index contributed by atoms with van der Waals surface area (Å²) in [7, 11) is -3.74. The number of carbonyl (C=O) groups is 1. The van der Waals surface area contributed by atoms with Crippen LogP contribution >= 0.6 is 11.6 Å². The normalized spacial score (nSPS) is 16.3. The second kappa shape index (κ2) is 9.41. The van der Waals surface area contributed by atoms with Gasteiger partial charge in [-0.25, -0.2) is 8.42 Å². The molecule has 3 aromatic rings. The van der Waals surface area contributed by atoms with E-state index in [0.29, 0.717) is 17.3 Å². The third-order valence-corrected chi connectivity index (χ3v) is 8.18. The van der Waals surface area contributed by atoms with Crippen LogP contribution in [-0.4, -0.2) is 31.8 Å². The third-order valence-electron chi connectivity index (χ3n) is 6.10. The number of para-hydroxylation sites is 1. The molecule has 0 atom stereocenters. The van der Waals surface area contributed by atoms with Gasteiger partial charge in [0.05, 0.1) is 11.4 Å². The Hall–Kier alpha value is -2.87. The highest BCUT2D eigenvalue weighted by Gasteiger charge is 2.34. The molecule has 2 aliphatic rings. The van der Waals surface area contributed by atoms with Crippen LogP contribution in [0.25, 0.3) is 0 Å². The average Bonchev–Trinajstić information content (AvgIpc) is 3.69. The minimum Gasteiger partial charge on any atom is -0.492 e. The molecule has 8 heteroatoms. The van der Waals surface area contributed by atoms with Crippen molar-refractivity contribution in [2.45, 2.75) is 30.8 Å². The fourth-order valence-corrected chi connectivity index (χ4v) is 5.84. The van der Waals surface area contributed by atoms with E-state index in [1.807, 2.05) is 53.4 Å². The van der Waals surface area contributed by atoms with Crippen molar-refractivity contribution in [3.63, 3.8) is 0 Å². The molecule has 1 amide bonds. The molecule has 5 rings (SSSR count). The summed E-state index contributed by atoms with van der Waals surface area (Å²) < 4.78 is 33.8. The first-order chi connectivity index (χ1) is 16.4. The molecule has 0 radical (unpaired) electrons. The van der Waals surface area contributed by atoms with Gasteiger partial charge in [-0.15, -0.1) is 0 Å². The van der Waals surface area contributed by atoms with Crippen LogP contribution in [0.1, 0.15) is 24.0 Å². The Kier molecular flexibility index (Phi) is 6.34. The van der Waals surface area contributed by atoms with Crippen molar-refractivity contribution < 1.29 is 17.9 Å². The van der Waals surface area contributed by atoms with Gasteiger partial charge in [-0.05, 0) is 60.9 Å². The minimum absolute atomic E-state index is 0.0858. The molecular formula is C26H25ClN2O4S. The number of anilines is 1. The minimum atomic E-state index is -3.74. The van der Waals surface area contributed by atoms with Crippen LogP contribution < -0.4 is 9.64 Å². The molecule has 1 heterocycles. The van der Waals surface area contributed by atoms with Crippen molar-refractivity contribution in [1.29, 1.82) is 0 Å². The number of hydrogen-bond acceptors (Lipinski definition) is 4. The van der Waals surface area contributed by atoms with E-state index in [0.717, 1.165) is 29.7 Å². The molecule has 3 aromatic carbocycles. The maximum absolute atomic E-state index is 13.3. The molecule has 0 spiro atoms. The number of nitrogens with zero attached hydrogens (tertiary/aromatic N) is 2. The van der Waals surface area contributed by atoms with Crippen LogP contribution in [0, 0.1) is 5.92 Å². The molecule has 1 aliphatic heterocycles. The summed E-state index contributed by atoms with van der Waals surface area (Å²) in [6.07, 6.45) is 1.85. The zero-order valence-electron chi connectivity index (χ0n) is 18.6. The van der Waals surface area contributed by atoms with Crippen molar-refractivity contribution in [2.75, 3.05) is 18.1 Å². The highest BCUT2D eigenvalue weighted by molar-refractivity contribution is 7.89. The molecular weight excluding hydrogens is 472 g/mol. The van der Waals surface area contributed by atoms with Gasteiger partial charge in [-0.1, -0.05) is 41.9 Å². The van der Waals surface area contributed by atoms with Gasteiger partial charge >= 0.3 is 0 Å². The molecule has 6 nitrogen and oxygen atoms in total. The number of fused-ring (bicyclic) bond motifs is 1. The van der Waals surface area contributed by atoms with Gasteiger partial charge in [0, 0.05) is 35.3 Å². The summed E-state index contributed by atoms with van der Waals surface area (Å²) in [6.45, 7) is 1.07. The van der Waals surface area contributed by atoms with E-state index in [9.17, 15) is 13.2 Å². The number of ether oxygens (including phenoxy) is 1. The second-order valence-corrected chi connectivity index (χ2v) is 11.0. The van der Waals surface area contributed by atoms with Gasteiger partial charge in [-0.3, -0.25) is 4.79 Å². The molecule has 1 saturated carbocycles. The average molecular weight is 497 g/mol. The monoisotopic (exact) mass is 496 g/mol. The number of benzene rings is 3. The van der Waals surface area contributed by atoms with Crippen LogP contribution in [-0.2, 0) is 27.9 Å². The predicted molar refractivity (Wildman–Crippen MR) is 131 cm³/mol. The summed E-state index contributed by atoms with van der Waals surface area (Å²) in [5.41, 5.74) is 2.55. The van der Waals surface area contributed by atoms with Crippen molar-refractivity contribution in [2.24, 2.45) is 5.92 Å². The van der Waals surface area contributed by atoms with E-state index in [1.54, 1.807) is 18.2 Å². The Morgan fingerprint density at radius 2 is 1.82 bits per heavy atom. The van der Waals surface area contributed by atoms with Crippen LogP contribution in [0.2, 0.25) is 5.02 Å². The van der Waals surface area contributed by atoms with Crippen LogP contribution in [0.5, 0.6) is 5.75 Å². The smallest absolute Gasteiger partial charge is 0.243 e. The van der Waals surface area contributed by atoms with Gasteiger partial charge in [0.2, 0.25) is 15.9 Å². The quantitative estimate of drug-likeness (QED) is 0.488. The fourth-order valence-electron chi connectivity index (χ4n) is 4.14. The molecule has 0 saturated heterocycles. The maximum Gasteiger partial charge on any atom is 0.243 e.